The molecule has 1 fully saturated rings. The van der Waals surface area contributed by atoms with Crippen LogP contribution in [0.5, 0.6) is 0 Å². The molecule has 1 aliphatic carbocycles. The first-order chi connectivity index (χ1) is 16.3. The third-order valence-corrected chi connectivity index (χ3v) is 7.67. The minimum atomic E-state index is -0.165. The number of pyridine rings is 1. The molecule has 2 aromatic heterocycles. The number of H-pyrrole nitrogens is 1. The van der Waals surface area contributed by atoms with Crippen LogP contribution >= 0.6 is 0 Å². The second kappa shape index (κ2) is 10.4. The summed E-state index contributed by atoms with van der Waals surface area (Å²) in [6, 6.07) is 8.81. The molecular weight excluding hydrogens is 424 g/mol. The number of nitrogens with one attached hydrogen (secondary N) is 1. The fourth-order valence-electron chi connectivity index (χ4n) is 5.28. The molecule has 2 heterocycles. The number of benzene rings is 1. The van der Waals surface area contributed by atoms with Crippen molar-refractivity contribution in [2.24, 2.45) is 0 Å². The minimum absolute atomic E-state index is 0.00244. The Morgan fingerprint density at radius 3 is 2.65 bits per heavy atom. The van der Waals surface area contributed by atoms with E-state index in [-0.39, 0.29) is 17.1 Å². The average molecular weight is 465 g/mol. The van der Waals surface area contributed by atoms with Gasteiger partial charge in [-0.3, -0.25) is 9.69 Å². The molecule has 0 unspecified atom stereocenters. The van der Waals surface area contributed by atoms with Crippen LogP contribution < -0.4 is 5.56 Å². The van der Waals surface area contributed by atoms with Crippen molar-refractivity contribution in [1.82, 2.24) is 30.1 Å². The topological polar surface area (TPSA) is 79.7 Å². The van der Waals surface area contributed by atoms with Crippen molar-refractivity contribution in [1.29, 1.82) is 0 Å². The maximum Gasteiger partial charge on any atom is 0.252 e. The summed E-state index contributed by atoms with van der Waals surface area (Å²) in [6.45, 7) is 11.4. The van der Waals surface area contributed by atoms with Crippen molar-refractivity contribution in [3.05, 3.63) is 51.6 Å². The Hall–Kier alpha value is -2.54. The van der Waals surface area contributed by atoms with Crippen LogP contribution in [0, 0.1) is 6.92 Å². The van der Waals surface area contributed by atoms with E-state index < -0.39 is 0 Å². The third-order valence-electron chi connectivity index (χ3n) is 7.67. The molecule has 0 amide bonds. The normalized spacial score (nSPS) is 16.4. The lowest BCUT2D eigenvalue weighted by Crippen LogP contribution is -2.42. The Kier molecular flexibility index (Phi) is 7.51. The van der Waals surface area contributed by atoms with Crippen LogP contribution in [0.2, 0.25) is 0 Å². The zero-order chi connectivity index (χ0) is 24.3. The lowest BCUT2D eigenvalue weighted by atomic mass is 9.91. The molecular formula is C27H40N6O. The number of aromatic nitrogens is 5. The highest BCUT2D eigenvalue weighted by Crippen LogP contribution is 2.35. The number of rotatable bonds is 9. The van der Waals surface area contributed by atoms with E-state index in [0.29, 0.717) is 12.6 Å². The molecule has 0 saturated heterocycles. The third kappa shape index (κ3) is 5.09. The van der Waals surface area contributed by atoms with Gasteiger partial charge in [0.05, 0.1) is 11.6 Å². The van der Waals surface area contributed by atoms with Crippen molar-refractivity contribution >= 4 is 10.9 Å². The molecule has 1 aliphatic rings. The molecule has 0 aliphatic heterocycles. The van der Waals surface area contributed by atoms with Gasteiger partial charge >= 0.3 is 0 Å². The van der Waals surface area contributed by atoms with Gasteiger partial charge < -0.3 is 4.98 Å². The Labute approximate surface area is 202 Å². The van der Waals surface area contributed by atoms with Crippen LogP contribution in [0.1, 0.15) is 102 Å². The second-order valence-electron chi connectivity index (χ2n) is 10.6. The molecule has 0 bridgehead atoms. The summed E-state index contributed by atoms with van der Waals surface area (Å²) in [5.74, 6) is 0.923. The fourth-order valence-corrected chi connectivity index (χ4v) is 5.28. The first-order valence-corrected chi connectivity index (χ1v) is 13.0. The highest BCUT2D eigenvalue weighted by molar-refractivity contribution is 5.79. The smallest absolute Gasteiger partial charge is 0.252 e. The number of aryl methyl sites for hydroxylation is 1. The van der Waals surface area contributed by atoms with Gasteiger partial charge in [-0.25, -0.2) is 4.68 Å². The van der Waals surface area contributed by atoms with Crippen molar-refractivity contribution < 1.29 is 0 Å². The van der Waals surface area contributed by atoms with E-state index in [1.54, 1.807) is 0 Å². The summed E-state index contributed by atoms with van der Waals surface area (Å²) in [4.78, 5) is 18.8. The van der Waals surface area contributed by atoms with E-state index in [4.69, 9.17) is 0 Å². The SMILES string of the molecule is CCC[C@@H](c1nnnn1C(C)(C)CC)N(Cc1cc2ccc(C)cc2[nH]c1=O)C1CCCCC1. The number of fused-ring (bicyclic) bond motifs is 1. The minimum Gasteiger partial charge on any atom is -0.322 e. The van der Waals surface area contributed by atoms with Gasteiger partial charge in [0.25, 0.3) is 5.56 Å². The maximum absolute atomic E-state index is 13.2. The van der Waals surface area contributed by atoms with Gasteiger partial charge in [-0.2, -0.15) is 0 Å². The Morgan fingerprint density at radius 2 is 1.94 bits per heavy atom. The molecule has 1 saturated carbocycles. The van der Waals surface area contributed by atoms with Gasteiger partial charge in [0, 0.05) is 23.7 Å². The van der Waals surface area contributed by atoms with Crippen LogP contribution in [-0.2, 0) is 12.1 Å². The van der Waals surface area contributed by atoms with Crippen molar-refractivity contribution in [3.63, 3.8) is 0 Å². The molecule has 0 spiro atoms. The van der Waals surface area contributed by atoms with Gasteiger partial charge in [0.1, 0.15) is 0 Å². The van der Waals surface area contributed by atoms with E-state index >= 15 is 0 Å². The molecule has 1 aromatic carbocycles. The molecule has 1 N–H and O–H groups in total. The highest BCUT2D eigenvalue weighted by Gasteiger charge is 2.35. The zero-order valence-electron chi connectivity index (χ0n) is 21.5. The van der Waals surface area contributed by atoms with Crippen molar-refractivity contribution in [3.8, 4) is 0 Å². The van der Waals surface area contributed by atoms with E-state index in [1.807, 2.05) is 17.7 Å². The van der Waals surface area contributed by atoms with Gasteiger partial charge in [0.15, 0.2) is 5.82 Å². The lowest BCUT2D eigenvalue weighted by molar-refractivity contribution is 0.0770. The van der Waals surface area contributed by atoms with Crippen LogP contribution in [0.15, 0.2) is 29.1 Å². The predicted molar refractivity (Wildman–Crippen MR) is 137 cm³/mol. The number of nitrogens with zero attached hydrogens (tertiary/aromatic N) is 5. The van der Waals surface area contributed by atoms with Crippen LogP contribution in [0.25, 0.3) is 10.9 Å². The summed E-state index contributed by atoms with van der Waals surface area (Å²) in [7, 11) is 0. The fraction of sp³-hybridized carbons (Fsp3) is 0.630. The predicted octanol–water partition coefficient (Wildman–Crippen LogP) is 5.64. The van der Waals surface area contributed by atoms with Crippen LogP contribution in [0.3, 0.4) is 0 Å². The number of hydrogen-bond acceptors (Lipinski definition) is 5. The van der Waals surface area contributed by atoms with E-state index in [1.165, 1.54) is 19.3 Å². The van der Waals surface area contributed by atoms with Crippen LogP contribution in [-0.4, -0.2) is 36.1 Å². The Bertz CT molecular complexity index is 1160. The molecule has 3 aromatic rings. The summed E-state index contributed by atoms with van der Waals surface area (Å²) >= 11 is 0. The van der Waals surface area contributed by atoms with Gasteiger partial charge in [-0.1, -0.05) is 51.7 Å². The van der Waals surface area contributed by atoms with Crippen LogP contribution in [0.4, 0.5) is 0 Å². The zero-order valence-corrected chi connectivity index (χ0v) is 21.5. The molecule has 7 nitrogen and oxygen atoms in total. The maximum atomic E-state index is 13.2. The number of hydrogen-bond donors (Lipinski definition) is 1. The molecule has 1 atom stereocenters. The summed E-state index contributed by atoms with van der Waals surface area (Å²) < 4.78 is 2.02. The summed E-state index contributed by atoms with van der Waals surface area (Å²) in [6.07, 6.45) is 9.00. The molecule has 34 heavy (non-hydrogen) atoms. The van der Waals surface area contributed by atoms with Gasteiger partial charge in [0.2, 0.25) is 0 Å². The highest BCUT2D eigenvalue weighted by atomic mass is 16.1. The standard InChI is InChI=1S/C27H40N6O/c1-6-11-24(25-29-30-31-33(25)27(4,5)7-2)32(22-12-9-8-10-13-22)18-21-17-20-15-14-19(3)16-23(20)28-26(21)34/h14-17,22,24H,6-13,18H2,1-5H3,(H,28,34)/t24-/m0/s1. The summed E-state index contributed by atoms with van der Waals surface area (Å²) in [5.41, 5.74) is 2.70. The number of aromatic amines is 1. The molecule has 4 rings (SSSR count). The monoisotopic (exact) mass is 464 g/mol. The largest absolute Gasteiger partial charge is 0.322 e. The van der Waals surface area contributed by atoms with Crippen molar-refractivity contribution in [2.75, 3.05) is 0 Å². The number of tetrazole rings is 1. The molecule has 184 valence electrons. The Morgan fingerprint density at radius 1 is 1.18 bits per heavy atom. The van der Waals surface area contributed by atoms with E-state index in [2.05, 4.69) is 71.3 Å². The first-order valence-electron chi connectivity index (χ1n) is 13.0. The van der Waals surface area contributed by atoms with Gasteiger partial charge in [-0.05, 0) is 80.0 Å². The molecule has 7 heteroatoms. The van der Waals surface area contributed by atoms with E-state index in [0.717, 1.165) is 60.0 Å². The molecule has 0 radical (unpaired) electrons. The van der Waals surface area contributed by atoms with Gasteiger partial charge in [-0.15, -0.1) is 5.10 Å². The first kappa shape index (κ1) is 24.6. The summed E-state index contributed by atoms with van der Waals surface area (Å²) in [5, 5.41) is 14.2. The average Bonchev–Trinajstić information content (AvgIpc) is 3.33. The van der Waals surface area contributed by atoms with Crippen molar-refractivity contribution in [2.45, 2.75) is 110 Å². The van der Waals surface area contributed by atoms with E-state index in [9.17, 15) is 4.79 Å². The quantitative estimate of drug-likeness (QED) is 0.443. The second-order valence-corrected chi connectivity index (χ2v) is 10.6. The Balaban J connectivity index is 1.77. The lowest BCUT2D eigenvalue weighted by Gasteiger charge is -2.40.